The fourth-order valence-corrected chi connectivity index (χ4v) is 3.93. The van der Waals surface area contributed by atoms with Crippen LogP contribution in [0.2, 0.25) is 0 Å². The van der Waals surface area contributed by atoms with E-state index in [0.29, 0.717) is 29.6 Å². The van der Waals surface area contributed by atoms with Gasteiger partial charge in [-0.2, -0.15) is 4.98 Å². The molecule has 4 rings (SSSR count). The van der Waals surface area contributed by atoms with Crippen LogP contribution in [0.4, 0.5) is 11.6 Å². The van der Waals surface area contributed by atoms with Crippen LogP contribution in [0.25, 0.3) is 11.2 Å². The highest BCUT2D eigenvalue weighted by molar-refractivity contribution is 5.77. The molecule has 0 N–H and O–H groups in total. The van der Waals surface area contributed by atoms with Crippen LogP contribution in [0.3, 0.4) is 0 Å². The molecular formula is C21H25N5O2. The zero-order valence-electron chi connectivity index (χ0n) is 16.8. The Hall–Kier alpha value is -3.09. The summed E-state index contributed by atoms with van der Waals surface area (Å²) in [6.07, 6.45) is 0. The molecule has 146 valence electrons. The molecule has 7 nitrogen and oxygen atoms in total. The lowest BCUT2D eigenvalue weighted by Gasteiger charge is -2.33. The summed E-state index contributed by atoms with van der Waals surface area (Å²) in [5.41, 5.74) is 3.18. The van der Waals surface area contributed by atoms with E-state index in [2.05, 4.69) is 37.5 Å². The van der Waals surface area contributed by atoms with Crippen molar-refractivity contribution in [3.8, 4) is 0 Å². The maximum absolute atomic E-state index is 13.2. The van der Waals surface area contributed by atoms with Gasteiger partial charge in [0.2, 0.25) is 5.95 Å². The van der Waals surface area contributed by atoms with Crippen molar-refractivity contribution in [3.63, 3.8) is 0 Å². The van der Waals surface area contributed by atoms with Crippen molar-refractivity contribution in [1.29, 1.82) is 0 Å². The number of allylic oxidation sites excluding steroid dienone is 1. The predicted octanol–water partition coefficient (Wildman–Crippen LogP) is 2.57. The Morgan fingerprint density at radius 2 is 2.04 bits per heavy atom. The highest BCUT2D eigenvalue weighted by Gasteiger charge is 2.29. The van der Waals surface area contributed by atoms with Crippen molar-refractivity contribution in [2.45, 2.75) is 33.9 Å². The Morgan fingerprint density at radius 3 is 2.71 bits per heavy atom. The van der Waals surface area contributed by atoms with Gasteiger partial charge in [-0.3, -0.25) is 13.9 Å². The second-order valence-electron chi connectivity index (χ2n) is 7.94. The summed E-state index contributed by atoms with van der Waals surface area (Å²) in [6.45, 7) is 11.6. The summed E-state index contributed by atoms with van der Waals surface area (Å²) < 4.78 is 4.67. The fraction of sp³-hybridized carbons (Fsp3) is 0.381. The Bertz CT molecular complexity index is 1210. The Morgan fingerprint density at radius 1 is 1.29 bits per heavy atom. The molecule has 1 atom stereocenters. The zero-order chi connectivity index (χ0) is 20.2. The van der Waals surface area contributed by atoms with Gasteiger partial charge in [0.1, 0.15) is 0 Å². The van der Waals surface area contributed by atoms with E-state index >= 15 is 0 Å². The SMILES string of the molecule is C=C(C)Cn1c(=O)c2c(nc3n2C[C@@H](C)CN3c2cccc(C)c2)n(C)c1=O. The molecule has 28 heavy (non-hydrogen) atoms. The van der Waals surface area contributed by atoms with E-state index in [-0.39, 0.29) is 17.8 Å². The van der Waals surface area contributed by atoms with E-state index < -0.39 is 0 Å². The van der Waals surface area contributed by atoms with E-state index in [9.17, 15) is 9.59 Å². The van der Waals surface area contributed by atoms with E-state index in [1.165, 1.54) is 9.13 Å². The first-order valence-corrected chi connectivity index (χ1v) is 9.46. The lowest BCUT2D eigenvalue weighted by atomic mass is 10.1. The summed E-state index contributed by atoms with van der Waals surface area (Å²) in [7, 11) is 1.67. The molecule has 2 aromatic heterocycles. The van der Waals surface area contributed by atoms with Crippen LogP contribution in [0.15, 0.2) is 46.0 Å². The van der Waals surface area contributed by atoms with Crippen LogP contribution in [0.5, 0.6) is 0 Å². The average molecular weight is 379 g/mol. The number of aryl methyl sites for hydroxylation is 2. The topological polar surface area (TPSA) is 65.1 Å². The Kier molecular flexibility index (Phi) is 4.25. The number of hydrogen-bond donors (Lipinski definition) is 0. The van der Waals surface area contributed by atoms with Crippen molar-refractivity contribution in [3.05, 3.63) is 62.8 Å². The van der Waals surface area contributed by atoms with Gasteiger partial charge < -0.3 is 9.47 Å². The quantitative estimate of drug-likeness (QED) is 0.656. The van der Waals surface area contributed by atoms with Crippen molar-refractivity contribution < 1.29 is 0 Å². The number of hydrogen-bond acceptors (Lipinski definition) is 4. The minimum absolute atomic E-state index is 0.207. The van der Waals surface area contributed by atoms with Crippen molar-refractivity contribution in [2.24, 2.45) is 13.0 Å². The molecule has 1 aromatic carbocycles. The highest BCUT2D eigenvalue weighted by Crippen LogP contribution is 2.33. The second-order valence-corrected chi connectivity index (χ2v) is 7.94. The molecule has 3 aromatic rings. The van der Waals surface area contributed by atoms with Crippen LogP contribution in [-0.2, 0) is 20.1 Å². The molecule has 0 fully saturated rings. The fourth-order valence-electron chi connectivity index (χ4n) is 3.93. The van der Waals surface area contributed by atoms with Crippen LogP contribution >= 0.6 is 0 Å². The van der Waals surface area contributed by atoms with E-state index in [1.807, 2.05) is 23.6 Å². The van der Waals surface area contributed by atoms with Gasteiger partial charge in [-0.15, -0.1) is 0 Å². The number of nitrogens with zero attached hydrogens (tertiary/aromatic N) is 5. The van der Waals surface area contributed by atoms with Gasteiger partial charge in [0.05, 0.1) is 6.54 Å². The predicted molar refractivity (Wildman–Crippen MR) is 111 cm³/mol. The van der Waals surface area contributed by atoms with Gasteiger partial charge in [0.15, 0.2) is 11.2 Å². The molecule has 0 unspecified atom stereocenters. The molecule has 7 heteroatoms. The number of imidazole rings is 1. The molecular weight excluding hydrogens is 354 g/mol. The van der Waals surface area contributed by atoms with Gasteiger partial charge in [-0.1, -0.05) is 31.2 Å². The summed E-state index contributed by atoms with van der Waals surface area (Å²) in [6, 6.07) is 8.24. The van der Waals surface area contributed by atoms with Crippen molar-refractivity contribution in [2.75, 3.05) is 11.4 Å². The standard InChI is InChI=1S/C21H25N5O2/c1-13(2)10-26-19(27)17-18(23(5)21(26)28)22-20-24(11-15(4)12-25(17)20)16-8-6-7-14(3)9-16/h6-9,15H,1,10-12H2,2-5H3/t15-/m0/s1. The van der Waals surface area contributed by atoms with Crippen LogP contribution in [0.1, 0.15) is 19.4 Å². The molecule has 0 radical (unpaired) electrons. The van der Waals surface area contributed by atoms with Crippen molar-refractivity contribution >= 4 is 22.8 Å². The average Bonchev–Trinajstić information content (AvgIpc) is 3.02. The first kappa shape index (κ1) is 18.3. The third kappa shape index (κ3) is 2.78. The number of rotatable bonds is 3. The lowest BCUT2D eigenvalue weighted by Crippen LogP contribution is -2.40. The number of benzene rings is 1. The molecule has 1 aliphatic rings. The third-order valence-electron chi connectivity index (χ3n) is 5.18. The van der Waals surface area contributed by atoms with Gasteiger partial charge >= 0.3 is 5.69 Å². The van der Waals surface area contributed by atoms with Crippen LogP contribution < -0.4 is 16.1 Å². The molecule has 1 aliphatic heterocycles. The zero-order valence-corrected chi connectivity index (χ0v) is 16.8. The minimum atomic E-state index is -0.369. The maximum atomic E-state index is 13.2. The third-order valence-corrected chi connectivity index (χ3v) is 5.18. The summed E-state index contributed by atoms with van der Waals surface area (Å²) in [4.78, 5) is 32.8. The van der Waals surface area contributed by atoms with Crippen LogP contribution in [0, 0.1) is 12.8 Å². The highest BCUT2D eigenvalue weighted by atomic mass is 16.2. The van der Waals surface area contributed by atoms with Gasteiger partial charge in [-0.25, -0.2) is 4.79 Å². The minimum Gasteiger partial charge on any atom is -0.312 e. The van der Waals surface area contributed by atoms with Gasteiger partial charge in [-0.05, 0) is 37.5 Å². The normalized spacial score (nSPS) is 16.4. The van der Waals surface area contributed by atoms with E-state index in [1.54, 1.807) is 7.05 Å². The smallest absolute Gasteiger partial charge is 0.312 e. The Labute approximate surface area is 163 Å². The summed E-state index contributed by atoms with van der Waals surface area (Å²) in [5, 5.41) is 0. The Balaban J connectivity index is 2.02. The van der Waals surface area contributed by atoms with E-state index in [4.69, 9.17) is 4.98 Å². The summed E-state index contributed by atoms with van der Waals surface area (Å²) >= 11 is 0. The monoisotopic (exact) mass is 379 g/mol. The number of fused-ring (bicyclic) bond motifs is 3. The largest absolute Gasteiger partial charge is 0.332 e. The molecule has 0 amide bonds. The lowest BCUT2D eigenvalue weighted by molar-refractivity contribution is 0.458. The molecule has 0 saturated heterocycles. The van der Waals surface area contributed by atoms with Gasteiger partial charge in [0.25, 0.3) is 5.56 Å². The first-order valence-electron chi connectivity index (χ1n) is 9.46. The van der Waals surface area contributed by atoms with Gasteiger partial charge in [0, 0.05) is 25.8 Å². The number of anilines is 2. The van der Waals surface area contributed by atoms with Crippen molar-refractivity contribution in [1.82, 2.24) is 18.7 Å². The molecule has 0 aliphatic carbocycles. The van der Waals surface area contributed by atoms with E-state index in [0.717, 1.165) is 23.4 Å². The molecule has 0 bridgehead atoms. The first-order chi connectivity index (χ1) is 13.3. The number of aromatic nitrogens is 4. The second kappa shape index (κ2) is 6.51. The summed E-state index contributed by atoms with van der Waals surface area (Å²) in [5.74, 6) is 1.04. The van der Waals surface area contributed by atoms with Crippen LogP contribution in [-0.4, -0.2) is 25.2 Å². The molecule has 0 saturated carbocycles. The molecule has 3 heterocycles. The maximum Gasteiger partial charge on any atom is 0.332 e. The molecule has 0 spiro atoms.